The summed E-state index contributed by atoms with van der Waals surface area (Å²) in [6, 6.07) is -0.700. The van der Waals surface area contributed by atoms with Crippen LogP contribution in [0.15, 0.2) is 0 Å². The molecular weight excluding hydrogens is 340 g/mol. The second kappa shape index (κ2) is 15.7. The summed E-state index contributed by atoms with van der Waals surface area (Å²) in [6.07, 6.45) is 20.8. The molecule has 5 heteroatoms. The molecule has 5 nitrogen and oxygen atoms in total. The molecule has 164 valence electrons. The maximum absolute atomic E-state index is 9.44. The first-order chi connectivity index (χ1) is 12.8. The van der Waals surface area contributed by atoms with Crippen LogP contribution in [0.3, 0.4) is 0 Å². The minimum Gasteiger partial charge on any atom is -0.342 e. The van der Waals surface area contributed by atoms with Crippen LogP contribution in [0.5, 0.6) is 0 Å². The van der Waals surface area contributed by atoms with Crippen LogP contribution in [0.1, 0.15) is 123 Å². The van der Waals surface area contributed by atoms with Crippen LogP contribution in [0, 0.1) is 0 Å². The number of hydrogen-bond donors (Lipinski definition) is 5. The molecule has 0 amide bonds. The molecule has 0 fully saturated rings. The lowest BCUT2D eigenvalue weighted by atomic mass is 9.84. The van der Waals surface area contributed by atoms with Crippen molar-refractivity contribution in [3.63, 3.8) is 0 Å². The SMILES string of the molecule is CCCCCCCCCCCCCCCCCCC(N)(C(C)N)C(O)(O)O. The molecule has 0 spiro atoms. The van der Waals surface area contributed by atoms with Gasteiger partial charge in [0.2, 0.25) is 0 Å². The summed E-state index contributed by atoms with van der Waals surface area (Å²) in [6.45, 7) is 3.85. The van der Waals surface area contributed by atoms with Gasteiger partial charge < -0.3 is 26.8 Å². The fraction of sp³-hybridized carbons (Fsp3) is 1.00. The Morgan fingerprint density at radius 3 is 1.19 bits per heavy atom. The highest BCUT2D eigenvalue weighted by molar-refractivity contribution is 4.97. The molecule has 0 aromatic heterocycles. The number of hydrogen-bond acceptors (Lipinski definition) is 5. The summed E-state index contributed by atoms with van der Waals surface area (Å²) in [4.78, 5) is 0. The monoisotopic (exact) mass is 388 g/mol. The van der Waals surface area contributed by atoms with Gasteiger partial charge in [-0.15, -0.1) is 0 Å². The van der Waals surface area contributed by atoms with Crippen molar-refractivity contribution in [2.24, 2.45) is 11.5 Å². The molecule has 0 radical (unpaired) electrons. The molecule has 2 atom stereocenters. The summed E-state index contributed by atoms with van der Waals surface area (Å²) in [5.41, 5.74) is 10.0. The molecule has 0 aliphatic heterocycles. The number of unbranched alkanes of at least 4 members (excludes halogenated alkanes) is 15. The first-order valence-electron chi connectivity index (χ1n) is 11.5. The van der Waals surface area contributed by atoms with E-state index >= 15 is 0 Å². The maximum atomic E-state index is 9.44. The average molecular weight is 389 g/mol. The van der Waals surface area contributed by atoms with Crippen molar-refractivity contribution in [1.82, 2.24) is 0 Å². The summed E-state index contributed by atoms with van der Waals surface area (Å²) in [5.74, 6) is -2.93. The van der Waals surface area contributed by atoms with Gasteiger partial charge in [-0.25, -0.2) is 0 Å². The van der Waals surface area contributed by atoms with Gasteiger partial charge in [0.05, 0.1) is 0 Å². The molecule has 2 unspecified atom stereocenters. The zero-order chi connectivity index (χ0) is 20.6. The third-order valence-electron chi connectivity index (χ3n) is 5.88. The fourth-order valence-corrected chi connectivity index (χ4v) is 3.67. The van der Waals surface area contributed by atoms with Crippen LogP contribution < -0.4 is 11.5 Å². The quantitative estimate of drug-likeness (QED) is 0.167. The average Bonchev–Trinajstić information content (AvgIpc) is 2.60. The van der Waals surface area contributed by atoms with Gasteiger partial charge in [0.1, 0.15) is 5.54 Å². The van der Waals surface area contributed by atoms with E-state index in [0.717, 1.165) is 19.3 Å². The predicted molar refractivity (Wildman–Crippen MR) is 114 cm³/mol. The lowest BCUT2D eigenvalue weighted by Crippen LogP contribution is -2.68. The van der Waals surface area contributed by atoms with Crippen molar-refractivity contribution in [2.45, 2.75) is 141 Å². The van der Waals surface area contributed by atoms with Gasteiger partial charge in [-0.3, -0.25) is 0 Å². The predicted octanol–water partition coefficient (Wildman–Crippen LogP) is 4.31. The zero-order valence-corrected chi connectivity index (χ0v) is 18.1. The Morgan fingerprint density at radius 2 is 0.926 bits per heavy atom. The molecular formula is C22H48N2O3. The molecule has 0 saturated carbocycles. The van der Waals surface area contributed by atoms with Crippen LogP contribution in [-0.2, 0) is 0 Å². The summed E-state index contributed by atoms with van der Waals surface area (Å²) in [5, 5.41) is 28.3. The molecule has 27 heavy (non-hydrogen) atoms. The van der Waals surface area contributed by atoms with E-state index in [0.29, 0.717) is 6.42 Å². The highest BCUT2D eigenvalue weighted by Crippen LogP contribution is 2.25. The van der Waals surface area contributed by atoms with Gasteiger partial charge in [-0.05, 0) is 13.3 Å². The lowest BCUT2D eigenvalue weighted by molar-refractivity contribution is -0.351. The molecule has 7 N–H and O–H groups in total. The van der Waals surface area contributed by atoms with Crippen molar-refractivity contribution in [3.05, 3.63) is 0 Å². The van der Waals surface area contributed by atoms with Crippen LogP contribution in [-0.4, -0.2) is 32.9 Å². The van der Waals surface area contributed by atoms with Gasteiger partial charge >= 0.3 is 0 Å². The number of nitrogens with two attached hydrogens (primary N) is 2. The van der Waals surface area contributed by atoms with Gasteiger partial charge in [0.25, 0.3) is 5.97 Å². The van der Waals surface area contributed by atoms with E-state index < -0.39 is 17.6 Å². The van der Waals surface area contributed by atoms with Crippen LogP contribution >= 0.6 is 0 Å². The van der Waals surface area contributed by atoms with E-state index in [2.05, 4.69) is 6.92 Å². The van der Waals surface area contributed by atoms with Crippen molar-refractivity contribution in [3.8, 4) is 0 Å². The third kappa shape index (κ3) is 12.8. The normalized spacial score (nSPS) is 15.7. The standard InChI is InChI=1S/C22H48N2O3/c1-3-4-5-6-7-8-9-10-11-12-13-14-15-16-17-18-19-21(24,20(2)23)22(25,26)27/h20,25-27H,3-19,23-24H2,1-2H3. The summed E-state index contributed by atoms with van der Waals surface area (Å²) < 4.78 is 0. The van der Waals surface area contributed by atoms with Crippen molar-refractivity contribution in [1.29, 1.82) is 0 Å². The van der Waals surface area contributed by atoms with E-state index in [1.165, 1.54) is 83.5 Å². The molecule has 0 rings (SSSR count). The van der Waals surface area contributed by atoms with Crippen molar-refractivity contribution >= 4 is 0 Å². The Hall–Kier alpha value is -0.200. The summed E-state index contributed by atoms with van der Waals surface area (Å²) in [7, 11) is 0. The highest BCUT2D eigenvalue weighted by atomic mass is 16.7. The molecule has 0 aliphatic rings. The van der Waals surface area contributed by atoms with E-state index in [4.69, 9.17) is 11.5 Å². The molecule has 0 saturated heterocycles. The van der Waals surface area contributed by atoms with Gasteiger partial charge in [0, 0.05) is 6.04 Å². The maximum Gasteiger partial charge on any atom is 0.296 e. The fourth-order valence-electron chi connectivity index (χ4n) is 3.67. The molecule has 0 bridgehead atoms. The van der Waals surface area contributed by atoms with Crippen molar-refractivity contribution in [2.75, 3.05) is 0 Å². The van der Waals surface area contributed by atoms with E-state index in [1.807, 2.05) is 0 Å². The van der Waals surface area contributed by atoms with Gasteiger partial charge in [0.15, 0.2) is 0 Å². The topological polar surface area (TPSA) is 113 Å². The number of aliphatic hydroxyl groups is 3. The smallest absolute Gasteiger partial charge is 0.296 e. The Bertz CT molecular complexity index is 332. The molecule has 0 heterocycles. The highest BCUT2D eigenvalue weighted by Gasteiger charge is 2.47. The first-order valence-corrected chi connectivity index (χ1v) is 11.5. The largest absolute Gasteiger partial charge is 0.342 e. The second-order valence-corrected chi connectivity index (χ2v) is 8.52. The van der Waals surface area contributed by atoms with Crippen LogP contribution in [0.4, 0.5) is 0 Å². The Kier molecular flexibility index (Phi) is 15.6. The van der Waals surface area contributed by atoms with E-state index in [1.54, 1.807) is 6.92 Å². The number of rotatable bonds is 19. The molecule has 0 aromatic rings. The van der Waals surface area contributed by atoms with Crippen LogP contribution in [0.2, 0.25) is 0 Å². The third-order valence-corrected chi connectivity index (χ3v) is 5.88. The Morgan fingerprint density at radius 1 is 0.630 bits per heavy atom. The van der Waals surface area contributed by atoms with Gasteiger partial charge in [-0.2, -0.15) is 0 Å². The minimum atomic E-state index is -2.93. The second-order valence-electron chi connectivity index (χ2n) is 8.52. The Labute approximate surface area is 167 Å². The zero-order valence-electron chi connectivity index (χ0n) is 18.1. The molecule has 0 aromatic carbocycles. The van der Waals surface area contributed by atoms with Crippen LogP contribution in [0.25, 0.3) is 0 Å². The minimum absolute atomic E-state index is 0.298. The lowest BCUT2D eigenvalue weighted by Gasteiger charge is -2.39. The van der Waals surface area contributed by atoms with Crippen molar-refractivity contribution < 1.29 is 15.3 Å². The van der Waals surface area contributed by atoms with E-state index in [9.17, 15) is 15.3 Å². The van der Waals surface area contributed by atoms with Gasteiger partial charge in [-0.1, -0.05) is 110 Å². The Balaban J connectivity index is 3.43. The van der Waals surface area contributed by atoms with E-state index in [-0.39, 0.29) is 0 Å². The first kappa shape index (κ1) is 26.8. The summed E-state index contributed by atoms with van der Waals surface area (Å²) >= 11 is 0. The molecule has 0 aliphatic carbocycles.